The third-order valence-corrected chi connectivity index (χ3v) is 2.62. The van der Waals surface area contributed by atoms with Gasteiger partial charge in [-0.25, -0.2) is 10.2 Å². The van der Waals surface area contributed by atoms with Crippen molar-refractivity contribution in [2.24, 2.45) is 5.10 Å². The highest BCUT2D eigenvalue weighted by molar-refractivity contribution is 6.01. The molecule has 3 N–H and O–H groups in total. The summed E-state index contributed by atoms with van der Waals surface area (Å²) in [4.78, 5) is 11.5. The lowest BCUT2D eigenvalue weighted by molar-refractivity contribution is 0.240. The molecular weight excluding hydrogens is 258 g/mol. The van der Waals surface area contributed by atoms with Gasteiger partial charge in [-0.1, -0.05) is 12.1 Å². The lowest BCUT2D eigenvalue weighted by atomic mass is 10.1. The molecule has 0 aliphatic heterocycles. The second-order valence-corrected chi connectivity index (χ2v) is 4.09. The normalized spacial score (nSPS) is 11.2. The molecule has 0 radical (unpaired) electrons. The van der Waals surface area contributed by atoms with Gasteiger partial charge >= 0.3 is 6.03 Å². The smallest absolute Gasteiger partial charge is 0.335 e. The maximum Gasteiger partial charge on any atom is 0.335 e. The fraction of sp³-hybridized carbons (Fsp3) is 0.143. The molecule has 0 bridgehead atoms. The second-order valence-electron chi connectivity index (χ2n) is 4.09. The number of aromatic hydroxyl groups is 1. The van der Waals surface area contributed by atoms with Crippen molar-refractivity contribution in [3.8, 4) is 5.75 Å². The average Bonchev–Trinajstić information content (AvgIpc) is 2.96. The number of phenols is 1. The number of amides is 2. The van der Waals surface area contributed by atoms with Crippen LogP contribution in [0.2, 0.25) is 0 Å². The number of benzene rings is 1. The minimum Gasteiger partial charge on any atom is -0.507 e. The van der Waals surface area contributed by atoms with Crippen LogP contribution in [-0.4, -0.2) is 16.8 Å². The van der Waals surface area contributed by atoms with E-state index in [4.69, 9.17) is 4.42 Å². The molecule has 104 valence electrons. The van der Waals surface area contributed by atoms with E-state index < -0.39 is 6.03 Å². The van der Waals surface area contributed by atoms with Crippen molar-refractivity contribution in [2.75, 3.05) is 0 Å². The Balaban J connectivity index is 1.88. The molecule has 0 aliphatic rings. The number of furan rings is 1. The van der Waals surface area contributed by atoms with Crippen LogP contribution in [-0.2, 0) is 6.54 Å². The number of rotatable bonds is 4. The van der Waals surface area contributed by atoms with Gasteiger partial charge in [0.25, 0.3) is 0 Å². The number of carbonyl (C=O) groups excluding carboxylic acids is 1. The molecular formula is C14H15N3O3. The van der Waals surface area contributed by atoms with Crippen molar-refractivity contribution >= 4 is 11.7 Å². The minimum absolute atomic E-state index is 0.117. The van der Waals surface area contributed by atoms with E-state index in [0.29, 0.717) is 17.0 Å². The van der Waals surface area contributed by atoms with E-state index in [9.17, 15) is 9.90 Å². The van der Waals surface area contributed by atoms with Gasteiger partial charge in [0.2, 0.25) is 0 Å². The van der Waals surface area contributed by atoms with Crippen LogP contribution in [0.4, 0.5) is 4.79 Å². The van der Waals surface area contributed by atoms with Gasteiger partial charge in [0, 0.05) is 5.56 Å². The van der Waals surface area contributed by atoms with Crippen LogP contribution in [0.3, 0.4) is 0 Å². The zero-order chi connectivity index (χ0) is 14.4. The largest absolute Gasteiger partial charge is 0.507 e. The summed E-state index contributed by atoms with van der Waals surface area (Å²) in [5.74, 6) is 0.771. The van der Waals surface area contributed by atoms with E-state index in [1.54, 1.807) is 43.3 Å². The molecule has 0 fully saturated rings. The van der Waals surface area contributed by atoms with Crippen LogP contribution in [0, 0.1) is 0 Å². The molecule has 0 saturated carbocycles. The standard InChI is InChI=1S/C14H15N3O3/c1-10(12-6-2-3-7-13(12)18)16-17-14(19)15-9-11-5-4-8-20-11/h2-8,18H,9H2,1H3,(H2,15,17,19). The summed E-state index contributed by atoms with van der Waals surface area (Å²) >= 11 is 0. The number of nitrogens with zero attached hydrogens (tertiary/aromatic N) is 1. The molecule has 0 spiro atoms. The second kappa shape index (κ2) is 6.42. The summed E-state index contributed by atoms with van der Waals surface area (Å²) in [5.41, 5.74) is 3.43. The summed E-state index contributed by atoms with van der Waals surface area (Å²) in [6.07, 6.45) is 1.54. The Morgan fingerprint density at radius 1 is 1.30 bits per heavy atom. The highest BCUT2D eigenvalue weighted by atomic mass is 16.3. The molecule has 6 heteroatoms. The predicted octanol–water partition coefficient (Wildman–Crippen LogP) is 2.21. The minimum atomic E-state index is -0.448. The van der Waals surface area contributed by atoms with Crippen molar-refractivity contribution in [1.29, 1.82) is 0 Å². The molecule has 2 aromatic rings. The van der Waals surface area contributed by atoms with Crippen molar-refractivity contribution in [3.63, 3.8) is 0 Å². The highest BCUT2D eigenvalue weighted by Gasteiger charge is 2.05. The lowest BCUT2D eigenvalue weighted by Crippen LogP contribution is -2.32. The Kier molecular flexibility index (Phi) is 4.39. The van der Waals surface area contributed by atoms with Crippen LogP contribution in [0.5, 0.6) is 5.75 Å². The molecule has 1 heterocycles. The third-order valence-electron chi connectivity index (χ3n) is 2.62. The van der Waals surface area contributed by atoms with E-state index >= 15 is 0 Å². The van der Waals surface area contributed by atoms with Gasteiger partial charge in [-0.2, -0.15) is 5.10 Å². The molecule has 2 amide bonds. The third kappa shape index (κ3) is 3.61. The Labute approximate surface area is 116 Å². The number of hydrogen-bond donors (Lipinski definition) is 3. The first kappa shape index (κ1) is 13.7. The topological polar surface area (TPSA) is 86.9 Å². The molecule has 2 rings (SSSR count). The van der Waals surface area contributed by atoms with Crippen LogP contribution in [0.1, 0.15) is 18.2 Å². The van der Waals surface area contributed by atoms with Gasteiger partial charge in [0.05, 0.1) is 18.5 Å². The molecule has 1 aromatic carbocycles. The van der Waals surface area contributed by atoms with Gasteiger partial charge in [-0.15, -0.1) is 0 Å². The quantitative estimate of drug-likeness (QED) is 0.589. The molecule has 0 aliphatic carbocycles. The molecule has 6 nitrogen and oxygen atoms in total. The summed E-state index contributed by atoms with van der Waals surface area (Å²) in [6, 6.07) is 9.84. The Morgan fingerprint density at radius 2 is 2.10 bits per heavy atom. The summed E-state index contributed by atoms with van der Waals surface area (Å²) in [6.45, 7) is 1.98. The molecule has 1 aromatic heterocycles. The fourth-order valence-corrected chi connectivity index (χ4v) is 1.59. The number of hydrazone groups is 1. The first-order chi connectivity index (χ1) is 9.66. The maximum atomic E-state index is 11.5. The van der Waals surface area contributed by atoms with Gasteiger partial charge < -0.3 is 14.8 Å². The van der Waals surface area contributed by atoms with Gasteiger partial charge in [-0.05, 0) is 31.2 Å². The van der Waals surface area contributed by atoms with Gasteiger partial charge in [0.1, 0.15) is 11.5 Å². The van der Waals surface area contributed by atoms with Gasteiger partial charge in [0.15, 0.2) is 0 Å². The van der Waals surface area contributed by atoms with Crippen molar-refractivity contribution < 1.29 is 14.3 Å². The predicted molar refractivity (Wildman–Crippen MR) is 74.4 cm³/mol. The first-order valence-electron chi connectivity index (χ1n) is 6.05. The first-order valence-corrected chi connectivity index (χ1v) is 6.05. The van der Waals surface area contributed by atoms with E-state index in [-0.39, 0.29) is 12.3 Å². The number of phenolic OH excluding ortho intramolecular Hbond substituents is 1. The number of hydrogen-bond acceptors (Lipinski definition) is 4. The van der Waals surface area contributed by atoms with Crippen molar-refractivity contribution in [1.82, 2.24) is 10.7 Å². The van der Waals surface area contributed by atoms with Crippen LogP contribution < -0.4 is 10.7 Å². The van der Waals surface area contributed by atoms with E-state index in [1.807, 2.05) is 0 Å². The van der Waals surface area contributed by atoms with Crippen LogP contribution in [0.15, 0.2) is 52.2 Å². The zero-order valence-corrected chi connectivity index (χ0v) is 11.0. The monoisotopic (exact) mass is 273 g/mol. The summed E-state index contributed by atoms with van der Waals surface area (Å²) < 4.78 is 5.08. The number of carbonyl (C=O) groups is 1. The maximum absolute atomic E-state index is 11.5. The van der Waals surface area contributed by atoms with Crippen LogP contribution in [0.25, 0.3) is 0 Å². The molecule has 0 saturated heterocycles. The Bertz CT molecular complexity index is 606. The van der Waals surface area contributed by atoms with Crippen molar-refractivity contribution in [3.05, 3.63) is 54.0 Å². The highest BCUT2D eigenvalue weighted by Crippen LogP contribution is 2.15. The Morgan fingerprint density at radius 3 is 2.80 bits per heavy atom. The summed E-state index contributed by atoms with van der Waals surface area (Å²) in [7, 11) is 0. The number of para-hydroxylation sites is 1. The number of urea groups is 1. The van der Waals surface area contributed by atoms with E-state index in [0.717, 1.165) is 0 Å². The lowest BCUT2D eigenvalue weighted by Gasteiger charge is -2.05. The molecule has 20 heavy (non-hydrogen) atoms. The van der Waals surface area contributed by atoms with Crippen LogP contribution >= 0.6 is 0 Å². The fourth-order valence-electron chi connectivity index (χ4n) is 1.59. The van der Waals surface area contributed by atoms with E-state index in [1.165, 1.54) is 6.26 Å². The van der Waals surface area contributed by atoms with E-state index in [2.05, 4.69) is 15.8 Å². The number of nitrogens with one attached hydrogen (secondary N) is 2. The average molecular weight is 273 g/mol. The molecule has 0 unspecified atom stereocenters. The molecule has 0 atom stereocenters. The summed E-state index contributed by atoms with van der Waals surface area (Å²) in [5, 5.41) is 16.2. The Hall–Kier alpha value is -2.76. The SMILES string of the molecule is CC(=NNC(=O)NCc1ccco1)c1ccccc1O. The van der Waals surface area contributed by atoms with Gasteiger partial charge in [-0.3, -0.25) is 0 Å². The zero-order valence-electron chi connectivity index (χ0n) is 11.0. The van der Waals surface area contributed by atoms with Crippen molar-refractivity contribution in [2.45, 2.75) is 13.5 Å².